The number of rotatable bonds is 5. The molecule has 0 aromatic heterocycles. The van der Waals surface area contributed by atoms with E-state index in [-0.39, 0.29) is 0 Å². The minimum absolute atomic E-state index is 0.364. The van der Waals surface area contributed by atoms with E-state index in [0.717, 1.165) is 17.5 Å². The van der Waals surface area contributed by atoms with Crippen molar-refractivity contribution < 1.29 is 5.11 Å². The summed E-state index contributed by atoms with van der Waals surface area (Å²) < 4.78 is 0. The summed E-state index contributed by atoms with van der Waals surface area (Å²) in [7, 11) is 0. The normalized spacial score (nSPS) is 10.5. The molecule has 2 rings (SSSR count). The number of phenolic OH excluding ortho intramolecular Hbond substituents is 1. The van der Waals surface area contributed by atoms with Crippen LogP contribution in [0.2, 0.25) is 0 Å². The largest absolute Gasteiger partial charge is 0.508 e. The molecule has 0 saturated heterocycles. The summed E-state index contributed by atoms with van der Waals surface area (Å²) in [5.74, 6) is 0.364. The van der Waals surface area contributed by atoms with E-state index in [4.69, 9.17) is 0 Å². The van der Waals surface area contributed by atoms with Gasteiger partial charge in [0.05, 0.1) is 0 Å². The molecule has 1 nitrogen and oxygen atoms in total. The summed E-state index contributed by atoms with van der Waals surface area (Å²) in [6.07, 6.45) is 4.71. The summed E-state index contributed by atoms with van der Waals surface area (Å²) in [4.78, 5) is 0. The molecule has 0 unspecified atom stereocenters. The maximum atomic E-state index is 9.81. The van der Waals surface area contributed by atoms with Crippen molar-refractivity contribution in [2.24, 2.45) is 0 Å². The summed E-state index contributed by atoms with van der Waals surface area (Å²) in [5, 5.41) is 9.81. The van der Waals surface area contributed by atoms with Crippen LogP contribution in [0.1, 0.15) is 31.7 Å². The zero-order chi connectivity index (χ0) is 12.8. The van der Waals surface area contributed by atoms with Gasteiger partial charge in [0.2, 0.25) is 0 Å². The van der Waals surface area contributed by atoms with Crippen molar-refractivity contribution in [2.75, 3.05) is 0 Å². The Bertz CT molecular complexity index is 488. The molecular weight excluding hydrogens is 220 g/mol. The molecule has 0 heterocycles. The maximum absolute atomic E-state index is 9.81. The summed E-state index contributed by atoms with van der Waals surface area (Å²) in [6.45, 7) is 2.21. The van der Waals surface area contributed by atoms with E-state index in [1.165, 1.54) is 24.8 Å². The lowest BCUT2D eigenvalue weighted by molar-refractivity contribution is 0.474. The first kappa shape index (κ1) is 12.7. The summed E-state index contributed by atoms with van der Waals surface area (Å²) in [6, 6.07) is 16.1. The van der Waals surface area contributed by atoms with Crippen LogP contribution in [-0.4, -0.2) is 5.11 Å². The van der Waals surface area contributed by atoms with Gasteiger partial charge >= 0.3 is 0 Å². The Kier molecular flexibility index (Phi) is 4.40. The molecule has 0 aliphatic rings. The molecular formula is C17H20O. The Labute approximate surface area is 109 Å². The Balaban J connectivity index is 2.21. The predicted molar refractivity (Wildman–Crippen MR) is 76.8 cm³/mol. The standard InChI is InChI=1S/C17H20O/c1-2-3-5-8-14-11-16(13-17(18)12-14)15-9-6-4-7-10-15/h4,6-7,9-13,18H,2-3,5,8H2,1H3. The smallest absolute Gasteiger partial charge is 0.116 e. The van der Waals surface area contributed by atoms with E-state index in [1.54, 1.807) is 0 Å². The van der Waals surface area contributed by atoms with E-state index < -0.39 is 0 Å². The van der Waals surface area contributed by atoms with Crippen molar-refractivity contribution >= 4 is 0 Å². The predicted octanol–water partition coefficient (Wildman–Crippen LogP) is 4.79. The molecule has 0 spiro atoms. The second-order valence-corrected chi connectivity index (χ2v) is 4.71. The van der Waals surface area contributed by atoms with Crippen molar-refractivity contribution in [3.63, 3.8) is 0 Å². The van der Waals surface area contributed by atoms with Crippen molar-refractivity contribution in [3.05, 3.63) is 54.1 Å². The number of benzene rings is 2. The van der Waals surface area contributed by atoms with Gasteiger partial charge in [-0.25, -0.2) is 0 Å². The molecule has 0 radical (unpaired) electrons. The Hall–Kier alpha value is -1.76. The molecule has 1 heteroatoms. The molecule has 1 N–H and O–H groups in total. The molecule has 2 aromatic carbocycles. The van der Waals surface area contributed by atoms with E-state index in [9.17, 15) is 5.11 Å². The molecule has 0 bridgehead atoms. The monoisotopic (exact) mass is 240 g/mol. The van der Waals surface area contributed by atoms with Crippen LogP contribution < -0.4 is 0 Å². The number of hydrogen-bond acceptors (Lipinski definition) is 1. The van der Waals surface area contributed by atoms with Gasteiger partial charge in [-0.2, -0.15) is 0 Å². The molecule has 2 aromatic rings. The third-order valence-corrected chi connectivity index (χ3v) is 3.15. The zero-order valence-corrected chi connectivity index (χ0v) is 10.9. The second-order valence-electron chi connectivity index (χ2n) is 4.71. The van der Waals surface area contributed by atoms with E-state index in [0.29, 0.717) is 5.75 Å². The van der Waals surface area contributed by atoms with Gasteiger partial charge in [0, 0.05) is 0 Å². The van der Waals surface area contributed by atoms with Gasteiger partial charge in [-0.1, -0.05) is 56.2 Å². The molecule has 94 valence electrons. The van der Waals surface area contributed by atoms with Crippen LogP contribution in [0.4, 0.5) is 0 Å². The van der Waals surface area contributed by atoms with Gasteiger partial charge in [-0.15, -0.1) is 0 Å². The number of hydrogen-bond donors (Lipinski definition) is 1. The molecule has 0 amide bonds. The highest BCUT2D eigenvalue weighted by molar-refractivity contribution is 5.65. The van der Waals surface area contributed by atoms with Crippen molar-refractivity contribution in [1.29, 1.82) is 0 Å². The molecule has 0 fully saturated rings. The fourth-order valence-electron chi connectivity index (χ4n) is 2.19. The SMILES string of the molecule is CCCCCc1cc(O)cc(-c2ccccc2)c1. The lowest BCUT2D eigenvalue weighted by Crippen LogP contribution is -1.87. The Morgan fingerprint density at radius 1 is 0.889 bits per heavy atom. The number of aromatic hydroxyl groups is 1. The molecule has 0 atom stereocenters. The molecule has 18 heavy (non-hydrogen) atoms. The minimum Gasteiger partial charge on any atom is -0.508 e. The second kappa shape index (κ2) is 6.25. The number of unbranched alkanes of at least 4 members (excludes halogenated alkanes) is 2. The number of phenols is 1. The van der Waals surface area contributed by atoms with Crippen LogP contribution in [0.5, 0.6) is 5.75 Å². The van der Waals surface area contributed by atoms with Crippen LogP contribution in [0.3, 0.4) is 0 Å². The average molecular weight is 240 g/mol. The van der Waals surface area contributed by atoms with Crippen LogP contribution >= 0.6 is 0 Å². The van der Waals surface area contributed by atoms with Gasteiger partial charge in [-0.3, -0.25) is 0 Å². The van der Waals surface area contributed by atoms with Crippen molar-refractivity contribution in [1.82, 2.24) is 0 Å². The Morgan fingerprint density at radius 3 is 2.39 bits per heavy atom. The average Bonchev–Trinajstić information content (AvgIpc) is 2.39. The fourth-order valence-corrected chi connectivity index (χ4v) is 2.19. The molecule has 0 saturated carbocycles. The van der Waals surface area contributed by atoms with Crippen molar-refractivity contribution in [3.8, 4) is 16.9 Å². The lowest BCUT2D eigenvalue weighted by atomic mass is 9.99. The van der Waals surface area contributed by atoms with Crippen LogP contribution in [0.25, 0.3) is 11.1 Å². The summed E-state index contributed by atoms with van der Waals surface area (Å²) >= 11 is 0. The maximum Gasteiger partial charge on any atom is 0.116 e. The van der Waals surface area contributed by atoms with E-state index in [1.807, 2.05) is 30.3 Å². The van der Waals surface area contributed by atoms with Gasteiger partial charge in [0.15, 0.2) is 0 Å². The first-order chi connectivity index (χ1) is 8.79. The highest BCUT2D eigenvalue weighted by Gasteiger charge is 2.02. The van der Waals surface area contributed by atoms with Crippen LogP contribution in [-0.2, 0) is 6.42 Å². The van der Waals surface area contributed by atoms with Gasteiger partial charge in [0.25, 0.3) is 0 Å². The van der Waals surface area contributed by atoms with Crippen molar-refractivity contribution in [2.45, 2.75) is 32.6 Å². The van der Waals surface area contributed by atoms with Gasteiger partial charge in [-0.05, 0) is 41.7 Å². The third kappa shape index (κ3) is 3.36. The third-order valence-electron chi connectivity index (χ3n) is 3.15. The van der Waals surface area contributed by atoms with E-state index in [2.05, 4.69) is 25.1 Å². The zero-order valence-electron chi connectivity index (χ0n) is 10.9. The Morgan fingerprint density at radius 2 is 1.67 bits per heavy atom. The first-order valence-corrected chi connectivity index (χ1v) is 6.68. The van der Waals surface area contributed by atoms with Crippen LogP contribution in [0.15, 0.2) is 48.5 Å². The van der Waals surface area contributed by atoms with Gasteiger partial charge < -0.3 is 5.11 Å². The summed E-state index contributed by atoms with van der Waals surface area (Å²) in [5.41, 5.74) is 3.48. The minimum atomic E-state index is 0.364. The highest BCUT2D eigenvalue weighted by atomic mass is 16.3. The molecule has 0 aliphatic heterocycles. The van der Waals surface area contributed by atoms with E-state index >= 15 is 0 Å². The molecule has 0 aliphatic carbocycles. The first-order valence-electron chi connectivity index (χ1n) is 6.68. The van der Waals surface area contributed by atoms with Gasteiger partial charge in [0.1, 0.15) is 5.75 Å². The topological polar surface area (TPSA) is 20.2 Å². The lowest BCUT2D eigenvalue weighted by Gasteiger charge is -2.07. The fraction of sp³-hybridized carbons (Fsp3) is 0.294. The number of aryl methyl sites for hydroxylation is 1. The quantitative estimate of drug-likeness (QED) is 0.745. The van der Waals surface area contributed by atoms with Crippen LogP contribution in [0, 0.1) is 0 Å². The highest BCUT2D eigenvalue weighted by Crippen LogP contribution is 2.26.